The van der Waals surface area contributed by atoms with Crippen molar-refractivity contribution in [1.29, 1.82) is 0 Å². The predicted molar refractivity (Wildman–Crippen MR) is 66.9 cm³/mol. The number of hydrogen-bond acceptors (Lipinski definition) is 1. The Morgan fingerprint density at radius 3 is 2.62 bits per heavy atom. The first-order chi connectivity index (χ1) is 7.63. The van der Waals surface area contributed by atoms with E-state index in [9.17, 15) is 4.39 Å². The molecule has 1 aromatic carbocycles. The van der Waals surface area contributed by atoms with E-state index in [-0.39, 0.29) is 5.82 Å². The molecule has 2 heteroatoms. The summed E-state index contributed by atoms with van der Waals surface area (Å²) in [5.74, 6) is 0.491. The van der Waals surface area contributed by atoms with Crippen LogP contribution in [0.1, 0.15) is 38.3 Å². The summed E-state index contributed by atoms with van der Waals surface area (Å²) in [5.41, 5.74) is 1.85. The summed E-state index contributed by atoms with van der Waals surface area (Å²) in [7, 11) is 0. The monoisotopic (exact) mass is 223 g/mol. The molecule has 0 saturated heterocycles. The minimum atomic E-state index is -0.0817. The van der Waals surface area contributed by atoms with Crippen molar-refractivity contribution >= 4 is 0 Å². The zero-order valence-corrected chi connectivity index (χ0v) is 10.5. The predicted octanol–water partition coefficient (Wildman–Crippen LogP) is 3.52. The average molecular weight is 223 g/mol. The molecule has 0 saturated carbocycles. The normalized spacial score (nSPS) is 11.1. The molecule has 0 aliphatic heterocycles. The zero-order chi connectivity index (χ0) is 12.0. The third kappa shape index (κ3) is 4.31. The molecule has 0 radical (unpaired) electrons. The van der Waals surface area contributed by atoms with E-state index in [0.29, 0.717) is 12.5 Å². The molecule has 0 spiro atoms. The van der Waals surface area contributed by atoms with Crippen LogP contribution in [-0.4, -0.2) is 6.54 Å². The molecule has 90 valence electrons. The van der Waals surface area contributed by atoms with Gasteiger partial charge in [-0.15, -0.1) is 0 Å². The first-order valence-electron chi connectivity index (χ1n) is 6.11. The van der Waals surface area contributed by atoms with Crippen LogP contribution < -0.4 is 5.32 Å². The van der Waals surface area contributed by atoms with Gasteiger partial charge in [-0.2, -0.15) is 0 Å². The molecule has 1 aromatic rings. The van der Waals surface area contributed by atoms with Crippen molar-refractivity contribution in [2.75, 3.05) is 6.54 Å². The third-order valence-electron chi connectivity index (χ3n) is 2.50. The molecular weight excluding hydrogens is 201 g/mol. The van der Waals surface area contributed by atoms with E-state index in [1.165, 1.54) is 0 Å². The van der Waals surface area contributed by atoms with Gasteiger partial charge in [0.1, 0.15) is 5.82 Å². The van der Waals surface area contributed by atoms with Crippen LogP contribution in [-0.2, 0) is 13.0 Å². The minimum Gasteiger partial charge on any atom is -0.313 e. The van der Waals surface area contributed by atoms with E-state index < -0.39 is 0 Å². The van der Waals surface area contributed by atoms with Crippen molar-refractivity contribution in [3.8, 4) is 0 Å². The van der Waals surface area contributed by atoms with Gasteiger partial charge in [-0.25, -0.2) is 4.39 Å². The van der Waals surface area contributed by atoms with Crippen LogP contribution in [0.2, 0.25) is 0 Å². The maximum Gasteiger partial charge on any atom is 0.127 e. The topological polar surface area (TPSA) is 12.0 Å². The lowest BCUT2D eigenvalue weighted by molar-refractivity contribution is 0.579. The van der Waals surface area contributed by atoms with E-state index in [2.05, 4.69) is 26.1 Å². The van der Waals surface area contributed by atoms with Gasteiger partial charge in [0.05, 0.1) is 0 Å². The standard InChI is InChI=1S/C14H22FN/c1-4-7-16-10-13-6-5-12(8-11(2)3)9-14(13)15/h5-6,9,11,16H,4,7-8,10H2,1-3H3. The summed E-state index contributed by atoms with van der Waals surface area (Å²) in [6, 6.07) is 5.60. The van der Waals surface area contributed by atoms with E-state index >= 15 is 0 Å². The van der Waals surface area contributed by atoms with Gasteiger partial charge in [0.2, 0.25) is 0 Å². The highest BCUT2D eigenvalue weighted by Crippen LogP contribution is 2.13. The van der Waals surface area contributed by atoms with E-state index in [1.807, 2.05) is 12.1 Å². The van der Waals surface area contributed by atoms with Crippen LogP contribution in [0.5, 0.6) is 0 Å². The smallest absolute Gasteiger partial charge is 0.127 e. The summed E-state index contributed by atoms with van der Waals surface area (Å²) in [6.45, 7) is 7.97. The number of halogens is 1. The SMILES string of the molecule is CCCNCc1ccc(CC(C)C)cc1F. The minimum absolute atomic E-state index is 0.0817. The van der Waals surface area contributed by atoms with E-state index in [1.54, 1.807) is 6.07 Å². The molecular formula is C14H22FN. The van der Waals surface area contributed by atoms with Crippen molar-refractivity contribution in [3.63, 3.8) is 0 Å². The molecule has 0 heterocycles. The van der Waals surface area contributed by atoms with Crippen molar-refractivity contribution in [2.24, 2.45) is 5.92 Å². The highest BCUT2D eigenvalue weighted by molar-refractivity contribution is 5.24. The van der Waals surface area contributed by atoms with Gasteiger partial charge in [0.15, 0.2) is 0 Å². The molecule has 0 fully saturated rings. The van der Waals surface area contributed by atoms with Gasteiger partial charge in [0, 0.05) is 12.1 Å². The molecule has 1 nitrogen and oxygen atoms in total. The second-order valence-corrected chi connectivity index (χ2v) is 4.70. The van der Waals surface area contributed by atoms with Crippen molar-refractivity contribution in [1.82, 2.24) is 5.32 Å². The fraction of sp³-hybridized carbons (Fsp3) is 0.571. The van der Waals surface area contributed by atoms with Crippen LogP contribution in [0.4, 0.5) is 4.39 Å². The number of rotatable bonds is 6. The largest absolute Gasteiger partial charge is 0.313 e. The van der Waals surface area contributed by atoms with Gasteiger partial charge in [-0.3, -0.25) is 0 Å². The maximum atomic E-state index is 13.7. The summed E-state index contributed by atoms with van der Waals surface area (Å²) >= 11 is 0. The second kappa shape index (κ2) is 6.64. The Kier molecular flexibility index (Phi) is 5.47. The Morgan fingerprint density at radius 2 is 2.06 bits per heavy atom. The second-order valence-electron chi connectivity index (χ2n) is 4.70. The van der Waals surface area contributed by atoms with Gasteiger partial charge < -0.3 is 5.32 Å². The Labute approximate surface area is 98.1 Å². The molecule has 0 aliphatic carbocycles. The molecule has 1 N–H and O–H groups in total. The number of benzene rings is 1. The Morgan fingerprint density at radius 1 is 1.31 bits per heavy atom. The summed E-state index contributed by atoms with van der Waals surface area (Å²) in [6.07, 6.45) is 2.02. The van der Waals surface area contributed by atoms with Gasteiger partial charge in [-0.1, -0.05) is 32.9 Å². The number of hydrogen-bond donors (Lipinski definition) is 1. The lowest BCUT2D eigenvalue weighted by Crippen LogP contribution is -2.14. The fourth-order valence-corrected chi connectivity index (χ4v) is 1.73. The van der Waals surface area contributed by atoms with Crippen LogP contribution in [0.25, 0.3) is 0 Å². The molecule has 0 bridgehead atoms. The summed E-state index contributed by atoms with van der Waals surface area (Å²) < 4.78 is 13.7. The maximum absolute atomic E-state index is 13.7. The van der Waals surface area contributed by atoms with Crippen LogP contribution in [0, 0.1) is 11.7 Å². The van der Waals surface area contributed by atoms with Crippen LogP contribution >= 0.6 is 0 Å². The summed E-state index contributed by atoms with van der Waals surface area (Å²) in [4.78, 5) is 0. The van der Waals surface area contributed by atoms with E-state index in [0.717, 1.165) is 30.5 Å². The zero-order valence-electron chi connectivity index (χ0n) is 10.5. The highest BCUT2D eigenvalue weighted by atomic mass is 19.1. The molecule has 0 unspecified atom stereocenters. The Balaban J connectivity index is 2.60. The fourth-order valence-electron chi connectivity index (χ4n) is 1.73. The Hall–Kier alpha value is -0.890. The quantitative estimate of drug-likeness (QED) is 0.728. The summed E-state index contributed by atoms with van der Waals surface area (Å²) in [5, 5.41) is 3.21. The van der Waals surface area contributed by atoms with Crippen LogP contribution in [0.15, 0.2) is 18.2 Å². The van der Waals surface area contributed by atoms with E-state index in [4.69, 9.17) is 0 Å². The lowest BCUT2D eigenvalue weighted by Gasteiger charge is -2.08. The highest BCUT2D eigenvalue weighted by Gasteiger charge is 2.04. The molecule has 0 amide bonds. The van der Waals surface area contributed by atoms with Crippen molar-refractivity contribution in [2.45, 2.75) is 40.2 Å². The molecule has 1 rings (SSSR count). The van der Waals surface area contributed by atoms with Crippen molar-refractivity contribution in [3.05, 3.63) is 35.1 Å². The van der Waals surface area contributed by atoms with Gasteiger partial charge in [0.25, 0.3) is 0 Å². The number of nitrogens with one attached hydrogen (secondary N) is 1. The first kappa shape index (κ1) is 13.2. The third-order valence-corrected chi connectivity index (χ3v) is 2.50. The lowest BCUT2D eigenvalue weighted by atomic mass is 10.0. The van der Waals surface area contributed by atoms with Gasteiger partial charge in [-0.05, 0) is 36.9 Å². The van der Waals surface area contributed by atoms with Crippen LogP contribution in [0.3, 0.4) is 0 Å². The molecule has 0 aliphatic rings. The average Bonchev–Trinajstić information content (AvgIpc) is 2.20. The first-order valence-corrected chi connectivity index (χ1v) is 6.11. The molecule has 16 heavy (non-hydrogen) atoms. The molecule has 0 aromatic heterocycles. The van der Waals surface area contributed by atoms with Gasteiger partial charge >= 0.3 is 0 Å². The van der Waals surface area contributed by atoms with Crippen molar-refractivity contribution < 1.29 is 4.39 Å². The Bertz CT molecular complexity index is 321. The molecule has 0 atom stereocenters.